The summed E-state index contributed by atoms with van der Waals surface area (Å²) >= 11 is 0. The lowest BCUT2D eigenvalue weighted by Gasteiger charge is -2.32. The zero-order valence-corrected chi connectivity index (χ0v) is 18.2. The Morgan fingerprint density at radius 1 is 1.26 bits per heavy atom. The van der Waals surface area contributed by atoms with Gasteiger partial charge in [-0.2, -0.15) is 5.10 Å². The summed E-state index contributed by atoms with van der Waals surface area (Å²) in [5, 5.41) is 4.26. The van der Waals surface area contributed by atoms with Crippen molar-refractivity contribution in [3.8, 4) is 5.75 Å². The number of aromatic nitrogens is 3. The zero-order chi connectivity index (χ0) is 21.6. The molecule has 0 amide bonds. The molecule has 3 aromatic rings. The van der Waals surface area contributed by atoms with Gasteiger partial charge < -0.3 is 9.64 Å². The third kappa shape index (κ3) is 3.82. The van der Waals surface area contributed by atoms with E-state index < -0.39 is 0 Å². The molecule has 0 aliphatic carbocycles. The minimum absolute atomic E-state index is 0.0729. The van der Waals surface area contributed by atoms with Gasteiger partial charge in [0.1, 0.15) is 11.4 Å². The summed E-state index contributed by atoms with van der Waals surface area (Å²) in [7, 11) is 0. The van der Waals surface area contributed by atoms with Gasteiger partial charge in [0, 0.05) is 50.1 Å². The Balaban J connectivity index is 1.42. The van der Waals surface area contributed by atoms with E-state index in [4.69, 9.17) is 4.74 Å². The molecule has 6 heteroatoms. The molecule has 4 heterocycles. The third-order valence-electron chi connectivity index (χ3n) is 6.28. The topological polar surface area (TPSA) is 59.7 Å². The van der Waals surface area contributed by atoms with Crippen molar-refractivity contribution in [2.75, 3.05) is 18.0 Å². The number of ketones is 1. The monoisotopic (exact) mass is 416 g/mol. The van der Waals surface area contributed by atoms with E-state index in [1.807, 2.05) is 12.3 Å². The number of fused-ring (bicyclic) bond motifs is 2. The fraction of sp³-hybridized carbons (Fsp3) is 0.400. The van der Waals surface area contributed by atoms with E-state index in [1.54, 1.807) is 16.9 Å². The second kappa shape index (κ2) is 7.52. The second-order valence-electron chi connectivity index (χ2n) is 9.23. The van der Waals surface area contributed by atoms with Gasteiger partial charge in [0.15, 0.2) is 11.4 Å². The molecule has 2 aliphatic rings. The van der Waals surface area contributed by atoms with Crippen LogP contribution in [0.15, 0.2) is 48.9 Å². The largest absolute Gasteiger partial charge is 0.487 e. The summed E-state index contributed by atoms with van der Waals surface area (Å²) in [6.07, 6.45) is 9.14. The molecule has 2 aromatic heterocycles. The smallest absolute Gasteiger partial charge is 0.168 e. The zero-order valence-electron chi connectivity index (χ0n) is 18.2. The van der Waals surface area contributed by atoms with Crippen molar-refractivity contribution in [2.45, 2.75) is 51.6 Å². The summed E-state index contributed by atoms with van der Waals surface area (Å²) in [5.41, 5.74) is 5.96. The highest BCUT2D eigenvalue weighted by atomic mass is 16.5. The summed E-state index contributed by atoms with van der Waals surface area (Å²) in [4.78, 5) is 19.8. The van der Waals surface area contributed by atoms with Crippen LogP contribution in [-0.4, -0.2) is 39.1 Å². The molecule has 1 fully saturated rings. The van der Waals surface area contributed by atoms with Crippen molar-refractivity contribution in [2.24, 2.45) is 0 Å². The Morgan fingerprint density at radius 3 is 2.87 bits per heavy atom. The first-order valence-corrected chi connectivity index (χ1v) is 11.0. The quantitative estimate of drug-likeness (QED) is 0.455. The van der Waals surface area contributed by atoms with Crippen LogP contribution < -0.4 is 9.64 Å². The van der Waals surface area contributed by atoms with Crippen molar-refractivity contribution < 1.29 is 9.53 Å². The molecular weight excluding hydrogens is 388 g/mol. The number of nitrogens with zero attached hydrogens (tertiary/aromatic N) is 4. The SMILES string of the molecule is C=C1CCN(c2cc3c(cc2CCC(=O)c2cnn4cccnc24)CC(C)(C)O3)CC1. The molecule has 0 saturated carbocycles. The highest BCUT2D eigenvalue weighted by Gasteiger charge is 2.32. The van der Waals surface area contributed by atoms with Gasteiger partial charge in [0.2, 0.25) is 0 Å². The molecule has 5 rings (SSSR count). The van der Waals surface area contributed by atoms with E-state index in [0.29, 0.717) is 24.1 Å². The molecule has 0 radical (unpaired) electrons. The number of ether oxygens (including phenoxy) is 1. The lowest BCUT2D eigenvalue weighted by Crippen LogP contribution is -2.31. The molecule has 2 aliphatic heterocycles. The molecular formula is C25H28N4O2. The third-order valence-corrected chi connectivity index (χ3v) is 6.28. The number of Topliss-reactive ketones (excluding diaryl/α,β-unsaturated/α-hetero) is 1. The fourth-order valence-corrected chi connectivity index (χ4v) is 4.66. The fourth-order valence-electron chi connectivity index (χ4n) is 4.66. The van der Waals surface area contributed by atoms with Crippen LogP contribution in [0.25, 0.3) is 5.65 Å². The average Bonchev–Trinajstić information content (AvgIpc) is 3.31. The van der Waals surface area contributed by atoms with Crippen LogP contribution in [0, 0.1) is 0 Å². The molecule has 0 unspecified atom stereocenters. The first-order chi connectivity index (χ1) is 14.9. The van der Waals surface area contributed by atoms with Crippen molar-refractivity contribution in [1.82, 2.24) is 14.6 Å². The Morgan fingerprint density at radius 2 is 2.06 bits per heavy atom. The first kappa shape index (κ1) is 19.8. The number of hydrogen-bond donors (Lipinski definition) is 0. The number of piperidine rings is 1. The average molecular weight is 417 g/mol. The number of carbonyl (C=O) groups is 1. The van der Waals surface area contributed by atoms with Crippen molar-refractivity contribution in [1.29, 1.82) is 0 Å². The Kier molecular flexibility index (Phi) is 4.80. The van der Waals surface area contributed by atoms with Gasteiger partial charge in [-0.15, -0.1) is 0 Å². The van der Waals surface area contributed by atoms with E-state index in [-0.39, 0.29) is 11.4 Å². The molecule has 0 atom stereocenters. The summed E-state index contributed by atoms with van der Waals surface area (Å²) in [6, 6.07) is 6.25. The van der Waals surface area contributed by atoms with Gasteiger partial charge in [-0.25, -0.2) is 9.50 Å². The lowest BCUT2D eigenvalue weighted by atomic mass is 9.95. The molecule has 160 valence electrons. The second-order valence-corrected chi connectivity index (χ2v) is 9.23. The number of benzene rings is 1. The summed E-state index contributed by atoms with van der Waals surface area (Å²) < 4.78 is 7.85. The van der Waals surface area contributed by atoms with Crippen LogP contribution in [0.1, 0.15) is 54.6 Å². The van der Waals surface area contributed by atoms with Crippen LogP contribution in [0.2, 0.25) is 0 Å². The lowest BCUT2D eigenvalue weighted by molar-refractivity contribution is 0.0984. The molecule has 0 N–H and O–H groups in total. The molecule has 1 saturated heterocycles. The standard InChI is InChI=1S/C25H28N4O2/c1-17-7-11-28(12-8-17)21-14-23-19(15-25(2,3)31-23)13-18(21)5-6-22(30)20-16-27-29-10-4-9-26-24(20)29/h4,9-10,13-14,16H,1,5-8,11-12,15H2,2-3H3. The number of carbonyl (C=O) groups excluding carboxylic acids is 1. The molecule has 0 bridgehead atoms. The van der Waals surface area contributed by atoms with Gasteiger partial charge in [-0.05, 0) is 56.4 Å². The maximum Gasteiger partial charge on any atom is 0.168 e. The molecule has 31 heavy (non-hydrogen) atoms. The molecule has 0 spiro atoms. The van der Waals surface area contributed by atoms with Gasteiger partial charge in [0.05, 0.1) is 11.8 Å². The van der Waals surface area contributed by atoms with E-state index >= 15 is 0 Å². The van der Waals surface area contributed by atoms with Crippen LogP contribution >= 0.6 is 0 Å². The van der Waals surface area contributed by atoms with Crippen molar-refractivity contribution in [3.63, 3.8) is 0 Å². The van der Waals surface area contributed by atoms with E-state index in [0.717, 1.165) is 38.1 Å². The van der Waals surface area contributed by atoms with E-state index in [1.165, 1.54) is 22.4 Å². The number of rotatable bonds is 5. The summed E-state index contributed by atoms with van der Waals surface area (Å²) in [5.74, 6) is 1.05. The van der Waals surface area contributed by atoms with Crippen molar-refractivity contribution >= 4 is 17.1 Å². The predicted octanol–water partition coefficient (Wildman–Crippen LogP) is 4.41. The van der Waals surface area contributed by atoms with Crippen molar-refractivity contribution in [3.05, 3.63) is 65.6 Å². The maximum atomic E-state index is 13.0. The van der Waals surface area contributed by atoms with Gasteiger partial charge in [0.25, 0.3) is 0 Å². The Hall–Kier alpha value is -3.15. The van der Waals surface area contributed by atoms with Crippen LogP contribution in [0.3, 0.4) is 0 Å². The first-order valence-electron chi connectivity index (χ1n) is 11.0. The highest BCUT2D eigenvalue weighted by Crippen LogP contribution is 2.40. The Labute approximate surface area is 182 Å². The minimum Gasteiger partial charge on any atom is -0.487 e. The highest BCUT2D eigenvalue weighted by molar-refractivity contribution is 6.01. The van der Waals surface area contributed by atoms with Gasteiger partial charge >= 0.3 is 0 Å². The predicted molar refractivity (Wildman–Crippen MR) is 121 cm³/mol. The van der Waals surface area contributed by atoms with Crippen LogP contribution in [-0.2, 0) is 12.8 Å². The molecule has 1 aromatic carbocycles. The van der Waals surface area contributed by atoms with Crippen LogP contribution in [0.5, 0.6) is 5.75 Å². The van der Waals surface area contributed by atoms with E-state index in [9.17, 15) is 4.79 Å². The van der Waals surface area contributed by atoms with E-state index in [2.05, 4.69) is 47.5 Å². The number of aryl methyl sites for hydroxylation is 1. The normalized spacial score (nSPS) is 17.6. The van der Waals surface area contributed by atoms with Gasteiger partial charge in [-0.3, -0.25) is 4.79 Å². The van der Waals surface area contributed by atoms with Gasteiger partial charge in [-0.1, -0.05) is 12.2 Å². The number of hydrogen-bond acceptors (Lipinski definition) is 5. The minimum atomic E-state index is -0.188. The molecule has 6 nitrogen and oxygen atoms in total. The maximum absolute atomic E-state index is 13.0. The summed E-state index contributed by atoms with van der Waals surface area (Å²) in [6.45, 7) is 10.3. The van der Waals surface area contributed by atoms with Crippen LogP contribution in [0.4, 0.5) is 5.69 Å². The number of anilines is 1. The Bertz CT molecular complexity index is 1170.